The summed E-state index contributed by atoms with van der Waals surface area (Å²) >= 11 is 0. The van der Waals surface area contributed by atoms with Gasteiger partial charge in [0.2, 0.25) is 0 Å². The molecule has 51 heavy (non-hydrogen) atoms. The Balaban J connectivity index is 0.000000284. The second kappa shape index (κ2) is 17.5. The summed E-state index contributed by atoms with van der Waals surface area (Å²) in [4.78, 5) is 4.65. The van der Waals surface area contributed by atoms with Gasteiger partial charge in [-0.05, 0) is 80.3 Å². The first kappa shape index (κ1) is 42.2. The fraction of sp³-hybridized carbons (Fsp3) is 0.426. The molecule has 1 aliphatic heterocycles. The quantitative estimate of drug-likeness (QED) is 0.130. The monoisotopic (exact) mass is 866 g/mol. The van der Waals surface area contributed by atoms with E-state index in [1.807, 2.05) is 0 Å². The fourth-order valence-corrected chi connectivity index (χ4v) is 6.46. The Kier molecular flexibility index (Phi) is 14.5. The minimum Gasteiger partial charge on any atom is -0.658 e. The molecular weight excluding hydrogens is 804 g/mol. The van der Waals surface area contributed by atoms with E-state index in [1.54, 1.807) is 0 Å². The van der Waals surface area contributed by atoms with Gasteiger partial charge in [-0.15, -0.1) is 18.0 Å². The molecule has 3 nitrogen and oxygen atoms in total. The van der Waals surface area contributed by atoms with Gasteiger partial charge >= 0.3 is 0 Å². The van der Waals surface area contributed by atoms with Crippen molar-refractivity contribution in [3.05, 3.63) is 143 Å². The van der Waals surface area contributed by atoms with Crippen LogP contribution in [0.3, 0.4) is 0 Å². The maximum atomic E-state index is 4.69. The Labute approximate surface area is 327 Å². The topological polar surface area (TPSA) is 20.6 Å². The van der Waals surface area contributed by atoms with Gasteiger partial charge in [-0.25, -0.2) is 0 Å². The van der Waals surface area contributed by atoms with Gasteiger partial charge < -0.3 is 15.1 Å². The van der Waals surface area contributed by atoms with Crippen molar-refractivity contribution in [2.45, 2.75) is 131 Å². The van der Waals surface area contributed by atoms with Gasteiger partial charge in [-0.1, -0.05) is 182 Å². The number of hydrogen-bond donors (Lipinski definition) is 0. The predicted octanol–water partition coefficient (Wildman–Crippen LogP) is 14.7. The first-order chi connectivity index (χ1) is 23.4. The van der Waals surface area contributed by atoms with Gasteiger partial charge in [0.15, 0.2) is 0 Å². The van der Waals surface area contributed by atoms with Crippen molar-refractivity contribution < 1.29 is 22.4 Å². The number of rotatable bonds is 8. The number of anilines is 2. The summed E-state index contributed by atoms with van der Waals surface area (Å²) in [5, 5.41) is 4.69. The molecule has 4 aromatic rings. The molecule has 4 heteroatoms. The van der Waals surface area contributed by atoms with Crippen molar-refractivity contribution in [2.75, 3.05) is 9.80 Å². The van der Waals surface area contributed by atoms with Crippen LogP contribution in [-0.2, 0) is 33.2 Å². The van der Waals surface area contributed by atoms with E-state index in [2.05, 4.69) is 216 Å². The maximum absolute atomic E-state index is 4.69. The largest absolute Gasteiger partial charge is 0.658 e. The molecule has 0 unspecified atom stereocenters. The standard InChI is InChI=1S/C27H37N2.C20H26N.Au/c1-18(2)22-11-9-12-23(19(3)4)26(22)28-15-16-29(17-28)27-24(20(5)6)13-10-14-25(27)21(7)8;1-19(2,3)15-7-11-17(12-8-15)21-18-13-9-16(10-14-18)20(4,5)6;/h9-21H,1-8H3;7-14H,1-6H3;/q2*-1;. The van der Waals surface area contributed by atoms with Crippen molar-refractivity contribution in [3.8, 4) is 0 Å². The van der Waals surface area contributed by atoms with Gasteiger partial charge in [0, 0.05) is 33.8 Å². The average Bonchev–Trinajstić information content (AvgIpc) is 3.53. The van der Waals surface area contributed by atoms with Crippen LogP contribution >= 0.6 is 0 Å². The molecule has 0 amide bonds. The van der Waals surface area contributed by atoms with E-state index in [-0.39, 0.29) is 33.2 Å². The number of hydrogen-bond acceptors (Lipinski definition) is 2. The van der Waals surface area contributed by atoms with Crippen LogP contribution in [0.1, 0.15) is 154 Å². The van der Waals surface area contributed by atoms with Crippen LogP contribution in [0.4, 0.5) is 22.7 Å². The second-order valence-electron chi connectivity index (χ2n) is 17.1. The molecule has 1 aliphatic rings. The third kappa shape index (κ3) is 10.7. The Morgan fingerprint density at radius 3 is 0.961 bits per heavy atom. The van der Waals surface area contributed by atoms with Crippen molar-refractivity contribution >= 4 is 22.7 Å². The SMILES string of the molecule is CC(C)(C)c1ccc([N-]c2ccc(C(C)(C)C)cc2)cc1.CC(C)c1cccc(C(C)C)c1N1C=CN(c2c(C(C)C)cccc2C(C)C)[CH-]1.[Au]. The van der Waals surface area contributed by atoms with E-state index < -0.39 is 0 Å². The second-order valence-corrected chi connectivity index (χ2v) is 17.1. The third-order valence-corrected chi connectivity index (χ3v) is 9.56. The van der Waals surface area contributed by atoms with Crippen LogP contribution in [0, 0.1) is 6.67 Å². The summed E-state index contributed by atoms with van der Waals surface area (Å²) in [6, 6.07) is 30.6. The van der Waals surface area contributed by atoms with E-state index in [0.717, 1.165) is 11.4 Å². The first-order valence-corrected chi connectivity index (χ1v) is 18.7. The van der Waals surface area contributed by atoms with Gasteiger partial charge in [-0.2, -0.15) is 0 Å². The maximum Gasteiger partial charge on any atom is 0.0195 e. The van der Waals surface area contributed by atoms with E-state index in [1.165, 1.54) is 44.8 Å². The molecule has 0 N–H and O–H groups in total. The molecule has 5 rings (SSSR count). The van der Waals surface area contributed by atoms with Crippen LogP contribution in [0.25, 0.3) is 5.32 Å². The van der Waals surface area contributed by atoms with Crippen LogP contribution in [0.5, 0.6) is 0 Å². The minimum absolute atomic E-state index is 0. The Hall–Kier alpha value is -3.24. The van der Waals surface area contributed by atoms with E-state index in [0.29, 0.717) is 23.7 Å². The Bertz CT molecular complexity index is 1540. The number of para-hydroxylation sites is 2. The van der Waals surface area contributed by atoms with E-state index >= 15 is 0 Å². The van der Waals surface area contributed by atoms with Crippen LogP contribution < -0.4 is 9.80 Å². The summed E-state index contributed by atoms with van der Waals surface area (Å²) in [6.45, 7) is 33.9. The van der Waals surface area contributed by atoms with E-state index in [4.69, 9.17) is 0 Å². The zero-order valence-electron chi connectivity index (χ0n) is 33.8. The number of benzene rings is 4. The van der Waals surface area contributed by atoms with Gasteiger partial charge in [0.25, 0.3) is 0 Å². The Morgan fingerprint density at radius 1 is 0.451 bits per heavy atom. The van der Waals surface area contributed by atoms with Crippen molar-refractivity contribution in [2.24, 2.45) is 0 Å². The molecule has 0 bridgehead atoms. The zero-order valence-corrected chi connectivity index (χ0v) is 35.9. The molecule has 4 aromatic carbocycles. The summed E-state index contributed by atoms with van der Waals surface area (Å²) in [5.74, 6) is 1.92. The van der Waals surface area contributed by atoms with Gasteiger partial charge in [0.1, 0.15) is 0 Å². The summed E-state index contributed by atoms with van der Waals surface area (Å²) < 4.78 is 0. The van der Waals surface area contributed by atoms with Crippen LogP contribution in [-0.4, -0.2) is 0 Å². The van der Waals surface area contributed by atoms with Gasteiger partial charge in [0.05, 0.1) is 0 Å². The molecule has 0 fully saturated rings. The normalized spacial score (nSPS) is 13.2. The molecule has 279 valence electrons. The molecule has 0 saturated heterocycles. The van der Waals surface area contributed by atoms with Crippen LogP contribution in [0.15, 0.2) is 97.3 Å². The summed E-state index contributed by atoms with van der Waals surface area (Å²) in [5.41, 5.74) is 13.3. The first-order valence-electron chi connectivity index (χ1n) is 18.7. The molecule has 1 radical (unpaired) electrons. The molecule has 0 atom stereocenters. The molecule has 0 saturated carbocycles. The minimum atomic E-state index is 0. The van der Waals surface area contributed by atoms with Crippen LogP contribution in [0.2, 0.25) is 0 Å². The van der Waals surface area contributed by atoms with Crippen molar-refractivity contribution in [1.82, 2.24) is 0 Å². The fourth-order valence-electron chi connectivity index (χ4n) is 6.46. The average molecular weight is 867 g/mol. The molecular formula is C47H63AuN3-2. The summed E-state index contributed by atoms with van der Waals surface area (Å²) in [6.07, 6.45) is 4.43. The smallest absolute Gasteiger partial charge is 0.0195 e. The molecule has 1 heterocycles. The zero-order chi connectivity index (χ0) is 37.0. The molecule has 0 aliphatic carbocycles. The molecule has 0 aromatic heterocycles. The predicted molar refractivity (Wildman–Crippen MR) is 221 cm³/mol. The van der Waals surface area contributed by atoms with Gasteiger partial charge in [-0.3, -0.25) is 0 Å². The third-order valence-electron chi connectivity index (χ3n) is 9.56. The number of nitrogens with zero attached hydrogens (tertiary/aromatic N) is 3. The molecule has 0 spiro atoms. The Morgan fingerprint density at radius 2 is 0.725 bits per heavy atom. The van der Waals surface area contributed by atoms with E-state index in [9.17, 15) is 0 Å². The van der Waals surface area contributed by atoms with Crippen molar-refractivity contribution in [1.29, 1.82) is 0 Å². The summed E-state index contributed by atoms with van der Waals surface area (Å²) in [7, 11) is 0. The van der Waals surface area contributed by atoms with Crippen molar-refractivity contribution in [3.63, 3.8) is 0 Å².